The summed E-state index contributed by atoms with van der Waals surface area (Å²) in [6.45, 7) is 0.259. The Hall–Kier alpha value is -4.68. The number of primary amides is 1. The molecule has 4 amide bonds. The monoisotopic (exact) mass is 573 g/mol. The van der Waals surface area contributed by atoms with E-state index in [4.69, 9.17) is 39.5 Å². The fraction of sp³-hybridized carbons (Fsp3) is 0.619. The Morgan fingerprint density at radius 3 is 1.55 bits per heavy atom. The van der Waals surface area contributed by atoms with Gasteiger partial charge in [-0.3, -0.25) is 34.0 Å². The summed E-state index contributed by atoms with van der Waals surface area (Å²) in [4.78, 5) is 79.8. The first kappa shape index (κ1) is 35.3. The Labute approximate surface area is 229 Å². The maximum absolute atomic E-state index is 13.1. The van der Waals surface area contributed by atoms with E-state index in [1.54, 1.807) is 0 Å². The normalized spacial score (nSPS) is 13.4. The maximum atomic E-state index is 13.1. The molecular formula is C21H39N11O8. The van der Waals surface area contributed by atoms with Crippen molar-refractivity contribution in [2.45, 2.75) is 69.1 Å². The molecule has 0 radical (unpaired) electrons. The Morgan fingerprint density at radius 2 is 1.10 bits per heavy atom. The zero-order chi connectivity index (χ0) is 30.8. The summed E-state index contributed by atoms with van der Waals surface area (Å²) in [5.74, 6) is -6.83. The van der Waals surface area contributed by atoms with E-state index >= 15 is 0 Å². The van der Waals surface area contributed by atoms with E-state index in [1.807, 2.05) is 0 Å². The van der Waals surface area contributed by atoms with Gasteiger partial charge < -0.3 is 60.6 Å². The van der Waals surface area contributed by atoms with Crippen molar-refractivity contribution in [3.63, 3.8) is 0 Å². The summed E-state index contributed by atoms with van der Waals surface area (Å²) in [7, 11) is 0. The van der Waals surface area contributed by atoms with Crippen molar-refractivity contribution in [1.82, 2.24) is 16.0 Å². The number of carboxylic acids is 2. The minimum atomic E-state index is -1.68. The highest BCUT2D eigenvalue weighted by Gasteiger charge is 2.31. The summed E-state index contributed by atoms with van der Waals surface area (Å²) in [5, 5.41) is 25.2. The van der Waals surface area contributed by atoms with Crippen molar-refractivity contribution in [2.24, 2.45) is 44.4 Å². The molecule has 0 rings (SSSR count). The van der Waals surface area contributed by atoms with Crippen molar-refractivity contribution in [3.05, 3.63) is 0 Å². The molecule has 0 spiro atoms. The zero-order valence-corrected chi connectivity index (χ0v) is 21.9. The van der Waals surface area contributed by atoms with Crippen LogP contribution in [0, 0.1) is 0 Å². The van der Waals surface area contributed by atoms with Crippen molar-refractivity contribution >= 4 is 47.5 Å². The first-order valence-corrected chi connectivity index (χ1v) is 12.1. The molecule has 0 bridgehead atoms. The first-order valence-electron chi connectivity index (χ1n) is 12.1. The van der Waals surface area contributed by atoms with Gasteiger partial charge in [-0.1, -0.05) is 0 Å². The average Bonchev–Trinajstić information content (AvgIpc) is 2.84. The van der Waals surface area contributed by atoms with Gasteiger partial charge in [-0.2, -0.15) is 0 Å². The second kappa shape index (κ2) is 18.6. The SMILES string of the molecule is NC(=O)CC(NC(=O)C(CCCN=C(N)N)NC(=O)C(CCC(=O)O)NC(=O)C(N)CCCN=C(N)N)C(=O)O. The molecule has 0 aliphatic heterocycles. The predicted octanol–water partition coefficient (Wildman–Crippen LogP) is -5.30. The van der Waals surface area contributed by atoms with Crippen molar-refractivity contribution in [3.8, 4) is 0 Å². The molecule has 0 saturated heterocycles. The van der Waals surface area contributed by atoms with Gasteiger partial charge >= 0.3 is 11.9 Å². The largest absolute Gasteiger partial charge is 0.481 e. The molecule has 0 heterocycles. The Balaban J connectivity index is 5.66. The highest BCUT2D eigenvalue weighted by molar-refractivity contribution is 5.95. The van der Waals surface area contributed by atoms with Crippen LogP contribution in [-0.2, 0) is 28.8 Å². The number of guanidine groups is 2. The smallest absolute Gasteiger partial charge is 0.326 e. The lowest BCUT2D eigenvalue weighted by Crippen LogP contribution is -2.57. The summed E-state index contributed by atoms with van der Waals surface area (Å²) >= 11 is 0. The van der Waals surface area contributed by atoms with Crippen LogP contribution in [0.2, 0.25) is 0 Å². The molecule has 19 nitrogen and oxygen atoms in total. The topological polar surface area (TPSA) is 360 Å². The van der Waals surface area contributed by atoms with Gasteiger partial charge in [-0.15, -0.1) is 0 Å². The molecule has 0 aliphatic carbocycles. The first-order chi connectivity index (χ1) is 18.6. The van der Waals surface area contributed by atoms with Gasteiger partial charge in [0.1, 0.15) is 18.1 Å². The fourth-order valence-electron chi connectivity index (χ4n) is 3.18. The highest BCUT2D eigenvalue weighted by atomic mass is 16.4. The predicted molar refractivity (Wildman–Crippen MR) is 142 cm³/mol. The number of rotatable bonds is 20. The number of aliphatic imine (C=N–C) groups is 2. The highest BCUT2D eigenvalue weighted by Crippen LogP contribution is 2.06. The summed E-state index contributed by atoms with van der Waals surface area (Å²) in [6.07, 6.45) is -1.05. The second-order valence-corrected chi connectivity index (χ2v) is 8.63. The number of carbonyl (C=O) groups is 6. The number of carboxylic acid groups (broad SMARTS) is 2. The number of hydrogen-bond donors (Lipinski definition) is 11. The molecule has 40 heavy (non-hydrogen) atoms. The second-order valence-electron chi connectivity index (χ2n) is 8.63. The summed E-state index contributed by atoms with van der Waals surface area (Å²) in [5.41, 5.74) is 31.9. The Morgan fingerprint density at radius 1 is 0.650 bits per heavy atom. The molecule has 17 N–H and O–H groups in total. The molecule has 4 unspecified atom stereocenters. The number of nitrogens with two attached hydrogens (primary N) is 6. The number of carbonyl (C=O) groups excluding carboxylic acids is 4. The number of aliphatic carboxylic acids is 2. The Bertz CT molecular complexity index is 964. The molecule has 226 valence electrons. The minimum Gasteiger partial charge on any atom is -0.481 e. The lowest BCUT2D eigenvalue weighted by atomic mass is 10.1. The third-order valence-corrected chi connectivity index (χ3v) is 5.18. The molecular weight excluding hydrogens is 534 g/mol. The summed E-state index contributed by atoms with van der Waals surface area (Å²) in [6, 6.07) is -5.56. The van der Waals surface area contributed by atoms with Crippen LogP contribution >= 0.6 is 0 Å². The molecule has 0 saturated carbocycles. The minimum absolute atomic E-state index is 0.0551. The fourth-order valence-corrected chi connectivity index (χ4v) is 3.18. The lowest BCUT2D eigenvalue weighted by molar-refractivity contribution is -0.143. The van der Waals surface area contributed by atoms with Gasteiger partial charge in [0.15, 0.2) is 11.9 Å². The number of nitrogens with zero attached hydrogens (tertiary/aromatic N) is 2. The van der Waals surface area contributed by atoms with Crippen LogP contribution in [0.15, 0.2) is 9.98 Å². The molecule has 0 aromatic heterocycles. The quantitative estimate of drug-likeness (QED) is 0.0368. The van der Waals surface area contributed by atoms with Crippen molar-refractivity contribution in [1.29, 1.82) is 0 Å². The van der Waals surface area contributed by atoms with E-state index in [1.165, 1.54) is 0 Å². The average molecular weight is 574 g/mol. The van der Waals surface area contributed by atoms with E-state index in [9.17, 15) is 33.9 Å². The van der Waals surface area contributed by atoms with E-state index < -0.39 is 72.6 Å². The van der Waals surface area contributed by atoms with Gasteiger partial charge in [0.2, 0.25) is 23.6 Å². The molecule has 0 aromatic carbocycles. The van der Waals surface area contributed by atoms with Gasteiger partial charge in [0.05, 0.1) is 12.5 Å². The van der Waals surface area contributed by atoms with Gasteiger partial charge in [0, 0.05) is 19.5 Å². The maximum Gasteiger partial charge on any atom is 0.326 e. The molecule has 0 aromatic rings. The summed E-state index contributed by atoms with van der Waals surface area (Å²) < 4.78 is 0. The van der Waals surface area contributed by atoms with E-state index in [-0.39, 0.29) is 50.7 Å². The van der Waals surface area contributed by atoms with Gasteiger partial charge in [-0.25, -0.2) is 4.79 Å². The van der Waals surface area contributed by atoms with Crippen molar-refractivity contribution < 1.29 is 39.0 Å². The van der Waals surface area contributed by atoms with E-state index in [0.29, 0.717) is 6.42 Å². The Kier molecular flexibility index (Phi) is 16.4. The van der Waals surface area contributed by atoms with Crippen LogP contribution in [0.25, 0.3) is 0 Å². The van der Waals surface area contributed by atoms with Crippen LogP contribution in [0.5, 0.6) is 0 Å². The number of hydrogen-bond acceptors (Lipinski definition) is 9. The number of nitrogens with one attached hydrogen (secondary N) is 3. The van der Waals surface area contributed by atoms with Gasteiger partial charge in [-0.05, 0) is 32.1 Å². The van der Waals surface area contributed by atoms with Crippen LogP contribution in [0.4, 0.5) is 0 Å². The molecule has 0 aliphatic rings. The van der Waals surface area contributed by atoms with Crippen LogP contribution < -0.4 is 50.4 Å². The molecule has 19 heteroatoms. The molecule has 4 atom stereocenters. The standard InChI is InChI=1S/C21H39N11O8/c22-10(3-1-7-28-20(24)25)16(36)30-12(5-6-15(34)35)18(38)31-11(4-2-8-29-21(26)27)17(37)32-13(19(39)40)9-14(23)33/h10-13H,1-9,22H2,(H2,23,33)(H,30,36)(H,31,38)(H,32,37)(H,34,35)(H,39,40)(H4,24,25,28)(H4,26,27,29). The number of amides is 4. The van der Waals surface area contributed by atoms with Crippen molar-refractivity contribution in [2.75, 3.05) is 13.1 Å². The third kappa shape index (κ3) is 16.2. The van der Waals surface area contributed by atoms with Crippen LogP contribution in [-0.4, -0.2) is 95.0 Å². The lowest BCUT2D eigenvalue weighted by Gasteiger charge is -2.25. The third-order valence-electron chi connectivity index (χ3n) is 5.18. The van der Waals surface area contributed by atoms with E-state index in [0.717, 1.165) is 0 Å². The van der Waals surface area contributed by atoms with E-state index in [2.05, 4.69) is 25.9 Å². The molecule has 0 fully saturated rings. The van der Waals surface area contributed by atoms with Crippen LogP contribution in [0.3, 0.4) is 0 Å². The zero-order valence-electron chi connectivity index (χ0n) is 21.9. The van der Waals surface area contributed by atoms with Gasteiger partial charge in [0.25, 0.3) is 0 Å². The van der Waals surface area contributed by atoms with Crippen LogP contribution in [0.1, 0.15) is 44.9 Å².